The Labute approximate surface area is 150 Å². The maximum Gasteiger partial charge on any atom is 0.250 e. The van der Waals surface area contributed by atoms with Crippen LogP contribution in [0, 0.1) is 5.82 Å². The van der Waals surface area contributed by atoms with Crippen LogP contribution in [0.25, 0.3) is 16.8 Å². The molecule has 0 amide bonds. The summed E-state index contributed by atoms with van der Waals surface area (Å²) in [5.41, 5.74) is 7.61. The molecule has 3 aromatic rings. The number of rotatable bonds is 2. The van der Waals surface area contributed by atoms with E-state index in [9.17, 15) is 9.18 Å². The molecule has 1 aromatic carbocycles. The molecule has 1 fully saturated rings. The van der Waals surface area contributed by atoms with Crippen LogP contribution in [0.5, 0.6) is 0 Å². The molecule has 1 aliphatic rings. The average Bonchev–Trinajstić information content (AvgIpc) is 3.20. The summed E-state index contributed by atoms with van der Waals surface area (Å²) in [5.74, 6) is -0.394. The van der Waals surface area contributed by atoms with Gasteiger partial charge in [-0.05, 0) is 37.1 Å². The van der Waals surface area contributed by atoms with E-state index in [0.29, 0.717) is 16.8 Å². The molecule has 0 atom stereocenters. The van der Waals surface area contributed by atoms with Gasteiger partial charge < -0.3 is 10.3 Å². The molecule has 1 saturated carbocycles. The van der Waals surface area contributed by atoms with E-state index < -0.39 is 5.82 Å². The van der Waals surface area contributed by atoms with Gasteiger partial charge in [0, 0.05) is 47.6 Å². The minimum Gasteiger partial charge on any atom is -0.399 e. The minimum absolute atomic E-state index is 0.101. The van der Waals surface area contributed by atoms with Gasteiger partial charge in [-0.3, -0.25) is 4.79 Å². The van der Waals surface area contributed by atoms with Gasteiger partial charge in [0.1, 0.15) is 5.82 Å². The third kappa shape index (κ3) is 4.30. The van der Waals surface area contributed by atoms with Crippen molar-refractivity contribution in [2.45, 2.75) is 18.1 Å². The monoisotopic (exact) mass is 358 g/mol. The van der Waals surface area contributed by atoms with Crippen LogP contribution in [0.2, 0.25) is 0 Å². The van der Waals surface area contributed by atoms with Crippen molar-refractivity contribution in [2.75, 3.05) is 5.73 Å². The Bertz CT molecular complexity index is 946. The standard InChI is InChI=1S/C15H13FN4O.C3H6S/c1-19-9-12(3-5-15(19)21)20-8-10(7-18-20)13-4-2-11(17)6-14(13)16;4-3-1-2-3/h2-9H,17H2,1H3;3-4H,1-2H2. The van der Waals surface area contributed by atoms with Crippen molar-refractivity contribution in [2.24, 2.45) is 7.05 Å². The first kappa shape index (κ1) is 17.3. The molecule has 0 saturated heterocycles. The molecule has 2 aromatic heterocycles. The Kier molecular flexibility index (Phi) is 4.94. The van der Waals surface area contributed by atoms with Crippen molar-refractivity contribution < 1.29 is 4.39 Å². The summed E-state index contributed by atoms with van der Waals surface area (Å²) < 4.78 is 16.9. The van der Waals surface area contributed by atoms with Gasteiger partial charge in [0.05, 0.1) is 11.9 Å². The predicted molar refractivity (Wildman–Crippen MR) is 101 cm³/mol. The molecule has 0 spiro atoms. The second-order valence-corrected chi connectivity index (χ2v) is 6.71. The maximum absolute atomic E-state index is 13.9. The summed E-state index contributed by atoms with van der Waals surface area (Å²) in [6.07, 6.45) is 7.64. The third-order valence-corrected chi connectivity index (χ3v) is 4.28. The van der Waals surface area contributed by atoms with Crippen molar-refractivity contribution in [3.05, 3.63) is 65.1 Å². The van der Waals surface area contributed by atoms with Gasteiger partial charge in [0.15, 0.2) is 0 Å². The Balaban J connectivity index is 0.000000401. The lowest BCUT2D eigenvalue weighted by Crippen LogP contribution is -2.15. The molecule has 2 N–H and O–H groups in total. The molecule has 7 heteroatoms. The first-order valence-electron chi connectivity index (χ1n) is 7.89. The van der Waals surface area contributed by atoms with Crippen molar-refractivity contribution in [3.63, 3.8) is 0 Å². The molecular formula is C18H19FN4OS. The second-order valence-electron chi connectivity index (χ2n) is 5.98. The quantitative estimate of drug-likeness (QED) is 0.547. The van der Waals surface area contributed by atoms with Gasteiger partial charge in [0.2, 0.25) is 5.56 Å². The van der Waals surface area contributed by atoms with Gasteiger partial charge in [-0.2, -0.15) is 17.7 Å². The number of halogens is 1. The number of nitrogens with two attached hydrogens (primary N) is 1. The molecule has 25 heavy (non-hydrogen) atoms. The SMILES string of the molecule is Cn1cc(-n2cc(-c3ccc(N)cc3F)cn2)ccc1=O.SC1CC1. The lowest BCUT2D eigenvalue weighted by molar-refractivity contribution is 0.632. The number of aromatic nitrogens is 3. The number of benzene rings is 1. The zero-order valence-electron chi connectivity index (χ0n) is 13.8. The van der Waals surface area contributed by atoms with E-state index in [4.69, 9.17) is 5.73 Å². The van der Waals surface area contributed by atoms with Crippen LogP contribution in [0.1, 0.15) is 12.8 Å². The third-order valence-electron chi connectivity index (χ3n) is 3.77. The van der Waals surface area contributed by atoms with E-state index >= 15 is 0 Å². The maximum atomic E-state index is 13.9. The summed E-state index contributed by atoms with van der Waals surface area (Å²) in [5, 5.41) is 4.98. The van der Waals surface area contributed by atoms with Crippen LogP contribution in [0.15, 0.2) is 53.7 Å². The highest BCUT2D eigenvalue weighted by Crippen LogP contribution is 2.25. The Morgan fingerprint density at radius 3 is 2.56 bits per heavy atom. The molecule has 130 valence electrons. The van der Waals surface area contributed by atoms with Crippen LogP contribution in [-0.2, 0) is 7.05 Å². The molecule has 0 aliphatic heterocycles. The molecule has 2 heterocycles. The highest BCUT2D eigenvalue weighted by atomic mass is 32.1. The fraction of sp³-hybridized carbons (Fsp3) is 0.222. The number of thiol groups is 1. The van der Waals surface area contributed by atoms with Crippen LogP contribution < -0.4 is 11.3 Å². The van der Waals surface area contributed by atoms with Gasteiger partial charge in [-0.25, -0.2) is 9.07 Å². The van der Waals surface area contributed by atoms with E-state index in [1.54, 1.807) is 48.5 Å². The summed E-state index contributed by atoms with van der Waals surface area (Å²) in [6, 6.07) is 7.66. The Morgan fingerprint density at radius 1 is 1.24 bits per heavy atom. The van der Waals surface area contributed by atoms with Crippen LogP contribution in [-0.4, -0.2) is 19.6 Å². The lowest BCUT2D eigenvalue weighted by atomic mass is 10.1. The van der Waals surface area contributed by atoms with Gasteiger partial charge in [0.25, 0.3) is 0 Å². The number of hydrogen-bond acceptors (Lipinski definition) is 4. The first-order chi connectivity index (χ1) is 11.9. The first-order valence-corrected chi connectivity index (χ1v) is 8.41. The van der Waals surface area contributed by atoms with Crippen LogP contribution >= 0.6 is 12.6 Å². The number of hydrogen-bond donors (Lipinski definition) is 2. The molecular weight excluding hydrogens is 339 g/mol. The van der Waals surface area contributed by atoms with Crippen LogP contribution in [0.3, 0.4) is 0 Å². The van der Waals surface area contributed by atoms with Crippen LogP contribution in [0.4, 0.5) is 10.1 Å². The largest absolute Gasteiger partial charge is 0.399 e. The zero-order valence-corrected chi connectivity index (χ0v) is 14.7. The molecule has 4 rings (SSSR count). The Morgan fingerprint density at radius 2 is 1.96 bits per heavy atom. The zero-order chi connectivity index (χ0) is 18.0. The predicted octanol–water partition coefficient (Wildman–Crippen LogP) is 3.04. The van der Waals surface area contributed by atoms with Gasteiger partial charge >= 0.3 is 0 Å². The van der Waals surface area contributed by atoms with E-state index in [-0.39, 0.29) is 5.56 Å². The van der Waals surface area contributed by atoms with E-state index in [1.807, 2.05) is 0 Å². The molecule has 0 bridgehead atoms. The van der Waals surface area contributed by atoms with Crippen molar-refractivity contribution in [3.8, 4) is 16.8 Å². The highest BCUT2D eigenvalue weighted by molar-refractivity contribution is 7.81. The average molecular weight is 358 g/mol. The minimum atomic E-state index is -0.394. The Hall–Kier alpha value is -2.54. The topological polar surface area (TPSA) is 65.8 Å². The summed E-state index contributed by atoms with van der Waals surface area (Å²) in [6.45, 7) is 0. The number of pyridine rings is 1. The summed E-state index contributed by atoms with van der Waals surface area (Å²) >= 11 is 4.08. The van der Waals surface area contributed by atoms with E-state index in [2.05, 4.69) is 17.7 Å². The molecule has 1 aliphatic carbocycles. The second kappa shape index (κ2) is 7.14. The van der Waals surface area contributed by atoms with Crippen molar-refractivity contribution in [1.82, 2.24) is 14.3 Å². The smallest absolute Gasteiger partial charge is 0.250 e. The van der Waals surface area contributed by atoms with E-state index in [0.717, 1.165) is 10.9 Å². The fourth-order valence-electron chi connectivity index (χ4n) is 2.16. The fourth-order valence-corrected chi connectivity index (χ4v) is 2.31. The van der Waals surface area contributed by atoms with Crippen molar-refractivity contribution in [1.29, 1.82) is 0 Å². The lowest BCUT2D eigenvalue weighted by Gasteiger charge is -2.03. The summed E-state index contributed by atoms with van der Waals surface area (Å²) in [7, 11) is 1.66. The molecule has 0 unspecified atom stereocenters. The number of anilines is 1. The number of nitrogens with zero attached hydrogens (tertiary/aromatic N) is 3. The number of aryl methyl sites for hydroxylation is 1. The van der Waals surface area contributed by atoms with Crippen molar-refractivity contribution >= 4 is 18.3 Å². The summed E-state index contributed by atoms with van der Waals surface area (Å²) in [4.78, 5) is 11.4. The normalized spacial score (nSPS) is 13.2. The van der Waals surface area contributed by atoms with Gasteiger partial charge in [-0.15, -0.1) is 0 Å². The van der Waals surface area contributed by atoms with E-state index in [1.165, 1.54) is 29.5 Å². The molecule has 5 nitrogen and oxygen atoms in total. The van der Waals surface area contributed by atoms with Gasteiger partial charge in [-0.1, -0.05) is 0 Å². The molecule has 0 radical (unpaired) electrons. The number of nitrogen functional groups attached to an aromatic ring is 1. The highest BCUT2D eigenvalue weighted by Gasteiger charge is 2.14.